The molecular weight excluding hydrogens is 326 g/mol. The van der Waals surface area contributed by atoms with E-state index in [1.807, 2.05) is 0 Å². The first-order valence-electron chi connectivity index (χ1n) is 8.78. The van der Waals surface area contributed by atoms with E-state index in [0.717, 1.165) is 23.8 Å². The Kier molecular flexibility index (Phi) is 4.24. The molecule has 1 aliphatic heterocycles. The van der Waals surface area contributed by atoms with Gasteiger partial charge in [0.05, 0.1) is 11.7 Å². The molecule has 1 saturated heterocycles. The van der Waals surface area contributed by atoms with Crippen molar-refractivity contribution in [3.8, 4) is 0 Å². The highest BCUT2D eigenvalue weighted by Crippen LogP contribution is 2.46. The molecule has 3 fully saturated rings. The van der Waals surface area contributed by atoms with E-state index in [1.165, 1.54) is 37.4 Å². The molecule has 2 aliphatic carbocycles. The van der Waals surface area contributed by atoms with Gasteiger partial charge < -0.3 is 15.2 Å². The van der Waals surface area contributed by atoms with Crippen molar-refractivity contribution >= 4 is 23.6 Å². The minimum Gasteiger partial charge on any atom is -0.369 e. The average Bonchev–Trinajstić information content (AvgIpc) is 3.51. The number of rotatable bonds is 6. The van der Waals surface area contributed by atoms with Gasteiger partial charge in [0.15, 0.2) is 5.16 Å². The molecule has 1 unspecified atom stereocenters. The second-order valence-corrected chi connectivity index (χ2v) is 8.03. The molecule has 2 saturated carbocycles. The summed E-state index contributed by atoms with van der Waals surface area (Å²) < 4.78 is 2.26. The van der Waals surface area contributed by atoms with Gasteiger partial charge in [0, 0.05) is 25.0 Å². The molecule has 130 valence electrons. The third-order valence-electron chi connectivity index (χ3n) is 5.05. The van der Waals surface area contributed by atoms with Crippen molar-refractivity contribution in [1.29, 1.82) is 0 Å². The van der Waals surface area contributed by atoms with Gasteiger partial charge in [-0.3, -0.25) is 9.59 Å². The number of piperidine rings is 1. The molecule has 2 amide bonds. The highest BCUT2D eigenvalue weighted by Gasteiger charge is 2.36. The van der Waals surface area contributed by atoms with Gasteiger partial charge in [-0.15, -0.1) is 10.2 Å². The molecule has 2 N–H and O–H groups in total. The summed E-state index contributed by atoms with van der Waals surface area (Å²) in [5, 5.41) is 9.57. The monoisotopic (exact) mass is 349 g/mol. The van der Waals surface area contributed by atoms with E-state index >= 15 is 0 Å². The number of hydrogen-bond acceptors (Lipinski definition) is 5. The van der Waals surface area contributed by atoms with Crippen LogP contribution in [0, 0.1) is 5.92 Å². The van der Waals surface area contributed by atoms with E-state index in [-0.39, 0.29) is 17.7 Å². The van der Waals surface area contributed by atoms with Crippen LogP contribution >= 0.6 is 11.8 Å². The van der Waals surface area contributed by atoms with Crippen LogP contribution in [0.3, 0.4) is 0 Å². The van der Waals surface area contributed by atoms with Crippen molar-refractivity contribution in [2.75, 3.05) is 18.8 Å². The SMILES string of the molecule is NC(=O)C1CCCN(C(=O)CSc2nnc(C3CC3)n2C2CC2)C1. The van der Waals surface area contributed by atoms with Gasteiger partial charge in [-0.2, -0.15) is 0 Å². The van der Waals surface area contributed by atoms with E-state index in [2.05, 4.69) is 14.8 Å². The van der Waals surface area contributed by atoms with Crippen LogP contribution in [-0.2, 0) is 9.59 Å². The first-order chi connectivity index (χ1) is 11.6. The lowest BCUT2D eigenvalue weighted by atomic mass is 9.97. The predicted octanol–water partition coefficient (Wildman–Crippen LogP) is 1.31. The molecule has 0 spiro atoms. The number of carbonyl (C=O) groups excluding carboxylic acids is 2. The van der Waals surface area contributed by atoms with Crippen LogP contribution in [0.5, 0.6) is 0 Å². The summed E-state index contributed by atoms with van der Waals surface area (Å²) in [6.07, 6.45) is 6.41. The quantitative estimate of drug-likeness (QED) is 0.781. The topological polar surface area (TPSA) is 94.1 Å². The molecule has 2 heterocycles. The van der Waals surface area contributed by atoms with Crippen molar-refractivity contribution in [2.24, 2.45) is 11.7 Å². The second-order valence-electron chi connectivity index (χ2n) is 7.09. The Labute approximate surface area is 145 Å². The van der Waals surface area contributed by atoms with Crippen LogP contribution < -0.4 is 5.73 Å². The molecule has 7 nitrogen and oxygen atoms in total. The maximum Gasteiger partial charge on any atom is 0.233 e. The maximum atomic E-state index is 12.5. The van der Waals surface area contributed by atoms with Crippen LogP contribution in [0.1, 0.15) is 56.3 Å². The molecule has 0 aromatic carbocycles. The third kappa shape index (κ3) is 3.29. The van der Waals surface area contributed by atoms with Crippen molar-refractivity contribution in [3.63, 3.8) is 0 Å². The van der Waals surface area contributed by atoms with Crippen molar-refractivity contribution in [3.05, 3.63) is 5.82 Å². The van der Waals surface area contributed by atoms with Crippen LogP contribution in [0.15, 0.2) is 5.16 Å². The van der Waals surface area contributed by atoms with E-state index in [1.54, 1.807) is 4.90 Å². The Bertz CT molecular complexity index is 653. The summed E-state index contributed by atoms with van der Waals surface area (Å²) in [4.78, 5) is 25.6. The Morgan fingerprint density at radius 2 is 1.96 bits per heavy atom. The summed E-state index contributed by atoms with van der Waals surface area (Å²) in [6, 6.07) is 0.530. The first kappa shape index (κ1) is 15.9. The molecule has 1 aromatic rings. The highest BCUT2D eigenvalue weighted by molar-refractivity contribution is 7.99. The zero-order valence-electron chi connectivity index (χ0n) is 13.7. The van der Waals surface area contributed by atoms with Gasteiger partial charge in [0.25, 0.3) is 0 Å². The fraction of sp³-hybridized carbons (Fsp3) is 0.750. The van der Waals surface area contributed by atoms with Crippen LogP contribution in [0.25, 0.3) is 0 Å². The first-order valence-corrected chi connectivity index (χ1v) is 9.76. The number of primary amides is 1. The number of thioether (sulfide) groups is 1. The zero-order chi connectivity index (χ0) is 16.7. The predicted molar refractivity (Wildman–Crippen MR) is 89.5 cm³/mol. The summed E-state index contributed by atoms with van der Waals surface area (Å²) in [5.74, 6) is 1.58. The number of amides is 2. The standard InChI is InChI=1S/C16H23N5O2S/c17-14(23)11-2-1-7-20(8-11)13(22)9-24-16-19-18-15(10-3-4-10)21(16)12-5-6-12/h10-12H,1-9H2,(H2,17,23). The van der Waals surface area contributed by atoms with Gasteiger partial charge in [0.1, 0.15) is 5.82 Å². The van der Waals surface area contributed by atoms with Gasteiger partial charge in [-0.25, -0.2) is 0 Å². The van der Waals surface area contributed by atoms with Crippen LogP contribution in [0.2, 0.25) is 0 Å². The van der Waals surface area contributed by atoms with E-state index in [0.29, 0.717) is 30.8 Å². The fourth-order valence-corrected chi connectivity index (χ4v) is 4.25. The molecule has 0 bridgehead atoms. The summed E-state index contributed by atoms with van der Waals surface area (Å²) >= 11 is 1.47. The molecule has 1 aromatic heterocycles. The molecule has 24 heavy (non-hydrogen) atoms. The normalized spacial score (nSPS) is 24.2. The number of aromatic nitrogens is 3. The molecule has 1 atom stereocenters. The molecule has 0 radical (unpaired) electrons. The second kappa shape index (κ2) is 6.38. The van der Waals surface area contributed by atoms with Crippen LogP contribution in [-0.4, -0.2) is 50.3 Å². The fourth-order valence-electron chi connectivity index (χ4n) is 3.34. The molecular formula is C16H23N5O2S. The van der Waals surface area contributed by atoms with E-state index in [9.17, 15) is 9.59 Å². The van der Waals surface area contributed by atoms with Crippen molar-refractivity contribution in [2.45, 2.75) is 55.6 Å². The lowest BCUT2D eigenvalue weighted by molar-refractivity contribution is -0.132. The number of likely N-dealkylation sites (tertiary alicyclic amines) is 1. The zero-order valence-corrected chi connectivity index (χ0v) is 14.5. The summed E-state index contributed by atoms with van der Waals surface area (Å²) in [6.45, 7) is 1.17. The minimum absolute atomic E-state index is 0.0595. The largest absolute Gasteiger partial charge is 0.369 e. The number of nitrogens with zero attached hydrogens (tertiary/aromatic N) is 4. The Balaban J connectivity index is 1.38. The molecule has 4 rings (SSSR count). The lowest BCUT2D eigenvalue weighted by Gasteiger charge is -2.31. The van der Waals surface area contributed by atoms with Crippen LogP contribution in [0.4, 0.5) is 0 Å². The number of carbonyl (C=O) groups is 2. The Morgan fingerprint density at radius 1 is 1.17 bits per heavy atom. The van der Waals surface area contributed by atoms with Gasteiger partial charge in [-0.05, 0) is 38.5 Å². The smallest absolute Gasteiger partial charge is 0.233 e. The lowest BCUT2D eigenvalue weighted by Crippen LogP contribution is -2.44. The van der Waals surface area contributed by atoms with Gasteiger partial charge in [0.2, 0.25) is 11.8 Å². The summed E-state index contributed by atoms with van der Waals surface area (Å²) in [5.41, 5.74) is 5.39. The highest BCUT2D eigenvalue weighted by atomic mass is 32.2. The van der Waals surface area contributed by atoms with Crippen molar-refractivity contribution in [1.82, 2.24) is 19.7 Å². The van der Waals surface area contributed by atoms with Crippen molar-refractivity contribution < 1.29 is 9.59 Å². The molecule has 3 aliphatic rings. The Morgan fingerprint density at radius 3 is 2.62 bits per heavy atom. The maximum absolute atomic E-state index is 12.5. The Hall–Kier alpha value is -1.57. The molecule has 8 heteroatoms. The van der Waals surface area contributed by atoms with Gasteiger partial charge in [-0.1, -0.05) is 11.8 Å². The summed E-state index contributed by atoms with van der Waals surface area (Å²) in [7, 11) is 0. The average molecular weight is 349 g/mol. The minimum atomic E-state index is -0.303. The number of nitrogens with two attached hydrogens (primary N) is 1. The third-order valence-corrected chi connectivity index (χ3v) is 5.97. The van der Waals surface area contributed by atoms with E-state index < -0.39 is 0 Å². The van der Waals surface area contributed by atoms with E-state index in [4.69, 9.17) is 5.73 Å². The van der Waals surface area contributed by atoms with Gasteiger partial charge >= 0.3 is 0 Å². The number of hydrogen-bond donors (Lipinski definition) is 1.